The van der Waals surface area contributed by atoms with Gasteiger partial charge in [0.2, 0.25) is 0 Å². The average Bonchev–Trinajstić information content (AvgIpc) is 2.69. The molecule has 0 aromatic carbocycles. The summed E-state index contributed by atoms with van der Waals surface area (Å²) in [4.78, 5) is 22.2. The van der Waals surface area contributed by atoms with E-state index in [1.165, 1.54) is 0 Å². The normalized spacial score (nSPS) is 27.4. The molecule has 0 spiro atoms. The fourth-order valence-corrected chi connectivity index (χ4v) is 2.58. The molecule has 0 bridgehead atoms. The van der Waals surface area contributed by atoms with Crippen molar-refractivity contribution in [3.8, 4) is 0 Å². The Balaban J connectivity index is 2.67. The van der Waals surface area contributed by atoms with E-state index in [4.69, 9.17) is 0 Å². The second-order valence-corrected chi connectivity index (χ2v) is 6.17. The monoisotopic (exact) mass is 296 g/mol. The molecule has 1 rings (SSSR count). The van der Waals surface area contributed by atoms with Crippen LogP contribution in [0.4, 0.5) is 18.0 Å². The molecule has 0 radical (unpaired) electrons. The summed E-state index contributed by atoms with van der Waals surface area (Å²) in [5.74, 6) is -2.30. The van der Waals surface area contributed by atoms with Crippen LogP contribution in [0.25, 0.3) is 0 Å². The van der Waals surface area contributed by atoms with Crippen LogP contribution < -0.4 is 10.4 Å². The van der Waals surface area contributed by atoms with Gasteiger partial charge in [0.15, 0.2) is 0 Å². The summed E-state index contributed by atoms with van der Waals surface area (Å²) in [6.07, 6.45) is -5.71. The fraction of sp³-hybridized carbons (Fsp3) is 0.833. The van der Waals surface area contributed by atoms with E-state index in [2.05, 4.69) is 0 Å². The smallest absolute Gasteiger partial charge is 0.471 e. The third kappa shape index (κ3) is 3.23. The molecule has 1 aliphatic rings. The molecular weight excluding hydrogens is 277 g/mol. The molecule has 0 saturated carbocycles. The molecule has 1 saturated heterocycles. The van der Waals surface area contributed by atoms with E-state index < -0.39 is 23.7 Å². The number of carbonyl (C=O) groups excluding carboxylic acids is 2. The van der Waals surface area contributed by atoms with Gasteiger partial charge in [-0.25, -0.2) is 0 Å². The van der Waals surface area contributed by atoms with Gasteiger partial charge in [-0.05, 0) is 20.8 Å². The molecule has 1 N–H and O–H groups in total. The number of amides is 2. The quantitative estimate of drug-likeness (QED) is 0.760. The summed E-state index contributed by atoms with van der Waals surface area (Å²) in [7, 11) is 0. The molecule has 1 aliphatic heterocycles. The molecule has 1 heterocycles. The number of nitrogens with one attached hydrogen (secondary N) is 1. The lowest BCUT2D eigenvalue weighted by molar-refractivity contribution is -0.910. The van der Waals surface area contributed by atoms with Crippen molar-refractivity contribution in [1.82, 2.24) is 5.32 Å². The van der Waals surface area contributed by atoms with E-state index in [9.17, 15) is 27.9 Å². The zero-order valence-corrected chi connectivity index (χ0v) is 11.7. The van der Waals surface area contributed by atoms with Crippen LogP contribution in [0.1, 0.15) is 27.2 Å². The van der Waals surface area contributed by atoms with Crippen molar-refractivity contribution in [1.29, 1.82) is 0 Å². The predicted molar refractivity (Wildman–Crippen MR) is 62.3 cm³/mol. The van der Waals surface area contributed by atoms with Crippen LogP contribution in [0.3, 0.4) is 0 Å². The fourth-order valence-electron chi connectivity index (χ4n) is 2.58. The highest BCUT2D eigenvalue weighted by Gasteiger charge is 2.49. The topological polar surface area (TPSA) is 69.2 Å². The molecule has 0 aromatic heterocycles. The highest BCUT2D eigenvalue weighted by atomic mass is 19.4. The number of halogens is 3. The van der Waals surface area contributed by atoms with Gasteiger partial charge in [-0.3, -0.25) is 9.28 Å². The van der Waals surface area contributed by atoms with E-state index in [-0.39, 0.29) is 23.5 Å². The van der Waals surface area contributed by atoms with E-state index in [1.54, 1.807) is 26.1 Å². The first-order valence-electron chi connectivity index (χ1n) is 6.34. The van der Waals surface area contributed by atoms with Crippen LogP contribution in [-0.4, -0.2) is 47.8 Å². The first-order valence-corrected chi connectivity index (χ1v) is 6.34. The second kappa shape index (κ2) is 5.23. The highest BCUT2D eigenvalue weighted by molar-refractivity contribution is 5.81. The Hall–Kier alpha value is -1.31. The number of carbonyl (C=O) groups is 2. The lowest BCUT2D eigenvalue weighted by Crippen LogP contribution is -2.66. The lowest BCUT2D eigenvalue weighted by atomic mass is 10.0. The molecule has 1 unspecified atom stereocenters. The maximum absolute atomic E-state index is 12.1. The summed E-state index contributed by atoms with van der Waals surface area (Å²) in [6, 6.07) is 0. The lowest BCUT2D eigenvalue weighted by Gasteiger charge is -2.45. The molecular formula is C12H19F3N2O3. The van der Waals surface area contributed by atoms with Crippen LogP contribution in [-0.2, 0) is 4.79 Å². The minimum atomic E-state index is -4.91. The third-order valence-electron chi connectivity index (χ3n) is 3.93. The zero-order chi connectivity index (χ0) is 15.8. The van der Waals surface area contributed by atoms with E-state index in [0.717, 1.165) is 0 Å². The SMILES string of the molecule is CC(C)(C)[N+]1(C(=O)[O-])CC[C@@H](CNC(=O)C(F)(F)F)C1. The van der Waals surface area contributed by atoms with Crippen molar-refractivity contribution in [2.75, 3.05) is 19.6 Å². The number of quaternary nitrogens is 1. The first-order chi connectivity index (χ1) is 8.90. The summed E-state index contributed by atoms with van der Waals surface area (Å²) < 4.78 is 35.9. The molecule has 2 atom stereocenters. The Labute approximate surface area is 115 Å². The Morgan fingerprint density at radius 2 is 1.85 bits per heavy atom. The van der Waals surface area contributed by atoms with Gasteiger partial charge in [0.05, 0.1) is 18.6 Å². The van der Waals surface area contributed by atoms with Gasteiger partial charge in [0.1, 0.15) is 0 Å². The van der Waals surface area contributed by atoms with E-state index in [1.807, 2.05) is 0 Å². The molecule has 20 heavy (non-hydrogen) atoms. The van der Waals surface area contributed by atoms with Gasteiger partial charge in [0, 0.05) is 18.9 Å². The molecule has 0 aliphatic carbocycles. The Bertz CT molecular complexity index is 404. The largest absolute Gasteiger partial charge is 0.498 e. The van der Waals surface area contributed by atoms with Crippen LogP contribution in [0.5, 0.6) is 0 Å². The number of rotatable bonds is 2. The third-order valence-corrected chi connectivity index (χ3v) is 3.93. The van der Waals surface area contributed by atoms with Crippen molar-refractivity contribution < 1.29 is 32.3 Å². The summed E-state index contributed by atoms with van der Waals surface area (Å²) in [6.45, 7) is 5.52. The second-order valence-electron chi connectivity index (χ2n) is 6.17. The van der Waals surface area contributed by atoms with Gasteiger partial charge in [-0.1, -0.05) is 0 Å². The standard InChI is InChI=1S/C12H19F3N2O3/c1-11(2,3)17(10(19)20)5-4-8(7-17)6-16-9(18)12(13,14)15/h8H,4-7H2,1-3H3,(H-,16,18,19,20)/t8-,17?/m0/s1. The molecule has 116 valence electrons. The minimum absolute atomic E-state index is 0.157. The number of likely N-dealkylation sites (tertiary alicyclic amines) is 1. The molecule has 5 nitrogen and oxygen atoms in total. The predicted octanol–water partition coefficient (Wildman–Crippen LogP) is 0.643. The summed E-state index contributed by atoms with van der Waals surface area (Å²) >= 11 is 0. The van der Waals surface area contributed by atoms with Crippen molar-refractivity contribution in [3.63, 3.8) is 0 Å². The Kier molecular flexibility index (Phi) is 4.38. The van der Waals surface area contributed by atoms with Gasteiger partial charge in [0.25, 0.3) is 6.09 Å². The van der Waals surface area contributed by atoms with Crippen molar-refractivity contribution >= 4 is 12.0 Å². The van der Waals surface area contributed by atoms with Crippen LogP contribution in [0.15, 0.2) is 0 Å². The van der Waals surface area contributed by atoms with Crippen LogP contribution >= 0.6 is 0 Å². The number of hydrogen-bond donors (Lipinski definition) is 1. The van der Waals surface area contributed by atoms with Gasteiger partial charge in [-0.15, -0.1) is 0 Å². The molecule has 8 heteroatoms. The number of carboxylic acid groups (broad SMARTS) is 1. The van der Waals surface area contributed by atoms with Gasteiger partial charge >= 0.3 is 12.1 Å². The van der Waals surface area contributed by atoms with Crippen LogP contribution in [0.2, 0.25) is 0 Å². The van der Waals surface area contributed by atoms with E-state index in [0.29, 0.717) is 13.0 Å². The minimum Gasteiger partial charge on any atom is -0.498 e. The van der Waals surface area contributed by atoms with Crippen LogP contribution in [0, 0.1) is 5.92 Å². The molecule has 0 aromatic rings. The van der Waals surface area contributed by atoms with Crippen molar-refractivity contribution in [2.45, 2.75) is 38.9 Å². The van der Waals surface area contributed by atoms with E-state index >= 15 is 0 Å². The first kappa shape index (κ1) is 16.7. The molecule has 1 fully saturated rings. The van der Waals surface area contributed by atoms with Gasteiger partial charge in [-0.2, -0.15) is 13.2 Å². The summed E-state index contributed by atoms with van der Waals surface area (Å²) in [5, 5.41) is 13.2. The summed E-state index contributed by atoms with van der Waals surface area (Å²) in [5.41, 5.74) is -0.610. The maximum atomic E-state index is 12.1. The highest BCUT2D eigenvalue weighted by Crippen LogP contribution is 2.33. The number of hydrogen-bond acceptors (Lipinski definition) is 3. The van der Waals surface area contributed by atoms with Crippen molar-refractivity contribution in [2.24, 2.45) is 5.92 Å². The number of nitrogens with zero attached hydrogens (tertiary/aromatic N) is 1. The molecule has 2 amide bonds. The van der Waals surface area contributed by atoms with Gasteiger partial charge < -0.3 is 15.2 Å². The zero-order valence-electron chi connectivity index (χ0n) is 11.7. The van der Waals surface area contributed by atoms with Crippen molar-refractivity contribution in [3.05, 3.63) is 0 Å². The Morgan fingerprint density at radius 3 is 2.20 bits per heavy atom. The maximum Gasteiger partial charge on any atom is 0.471 e. The number of alkyl halides is 3. The average molecular weight is 296 g/mol. The Morgan fingerprint density at radius 1 is 1.30 bits per heavy atom.